The van der Waals surface area contributed by atoms with Crippen LogP contribution < -0.4 is 10.1 Å². The number of aryl methyl sites for hydroxylation is 1. The van der Waals surface area contributed by atoms with E-state index in [1.165, 1.54) is 25.4 Å². The van der Waals surface area contributed by atoms with Crippen LogP contribution in [0, 0.1) is 24.5 Å². The van der Waals surface area contributed by atoms with Gasteiger partial charge in [0, 0.05) is 19.1 Å². The van der Waals surface area contributed by atoms with Gasteiger partial charge in [-0.25, -0.2) is 13.8 Å². The number of para-hydroxylation sites is 1. The molecule has 0 unspecified atom stereocenters. The number of benzene rings is 1. The normalized spacial score (nSPS) is 19.4. The van der Waals surface area contributed by atoms with Crippen LogP contribution in [0.15, 0.2) is 30.5 Å². The maximum absolute atomic E-state index is 14.0. The van der Waals surface area contributed by atoms with Crippen LogP contribution in [0.2, 0.25) is 0 Å². The Labute approximate surface area is 163 Å². The van der Waals surface area contributed by atoms with Gasteiger partial charge in [0.05, 0.1) is 18.9 Å². The van der Waals surface area contributed by atoms with Crippen LogP contribution in [0.25, 0.3) is 0 Å². The predicted octanol–water partition coefficient (Wildman–Crippen LogP) is 4.03. The molecule has 1 aromatic heterocycles. The van der Waals surface area contributed by atoms with E-state index >= 15 is 0 Å². The number of nitrogens with one attached hydrogen (secondary N) is 1. The van der Waals surface area contributed by atoms with Crippen molar-refractivity contribution in [1.29, 1.82) is 0 Å². The highest BCUT2D eigenvalue weighted by Crippen LogP contribution is 2.28. The first kappa shape index (κ1) is 20.0. The Morgan fingerprint density at radius 3 is 2.82 bits per heavy atom. The van der Waals surface area contributed by atoms with Crippen LogP contribution >= 0.6 is 0 Å². The molecule has 0 bridgehead atoms. The molecule has 2 aromatic rings. The van der Waals surface area contributed by atoms with Gasteiger partial charge in [0.1, 0.15) is 11.6 Å². The van der Waals surface area contributed by atoms with Crippen LogP contribution in [0.5, 0.6) is 5.75 Å². The summed E-state index contributed by atoms with van der Waals surface area (Å²) in [7, 11) is 1.36. The summed E-state index contributed by atoms with van der Waals surface area (Å²) in [6.45, 7) is 4.84. The number of nitrogens with zero attached hydrogens (tertiary/aromatic N) is 2. The Morgan fingerprint density at radius 1 is 1.32 bits per heavy atom. The second-order valence-corrected chi connectivity index (χ2v) is 7.31. The number of halogens is 2. The number of hydrogen-bond acceptors (Lipinski definition) is 4. The fourth-order valence-electron chi connectivity index (χ4n) is 3.57. The van der Waals surface area contributed by atoms with Crippen LogP contribution in [-0.4, -0.2) is 42.0 Å². The second kappa shape index (κ2) is 8.54. The lowest BCUT2D eigenvalue weighted by Crippen LogP contribution is -2.49. The van der Waals surface area contributed by atoms with E-state index in [4.69, 9.17) is 4.74 Å². The zero-order valence-electron chi connectivity index (χ0n) is 16.3. The minimum Gasteiger partial charge on any atom is -0.493 e. The van der Waals surface area contributed by atoms with Gasteiger partial charge in [-0.05, 0) is 49.4 Å². The molecule has 7 heteroatoms. The zero-order chi connectivity index (χ0) is 20.3. The van der Waals surface area contributed by atoms with Crippen molar-refractivity contribution < 1.29 is 18.3 Å². The molecule has 150 valence electrons. The van der Waals surface area contributed by atoms with Gasteiger partial charge in [-0.3, -0.25) is 4.79 Å². The van der Waals surface area contributed by atoms with Crippen LogP contribution in [0.1, 0.15) is 35.7 Å². The van der Waals surface area contributed by atoms with Crippen LogP contribution in [0.4, 0.5) is 14.6 Å². The molecule has 2 heterocycles. The van der Waals surface area contributed by atoms with E-state index in [0.717, 1.165) is 12.8 Å². The number of pyridine rings is 1. The molecule has 5 nitrogen and oxygen atoms in total. The van der Waals surface area contributed by atoms with Crippen molar-refractivity contribution >= 4 is 11.7 Å². The molecule has 0 saturated carbocycles. The highest BCUT2D eigenvalue weighted by molar-refractivity contribution is 5.97. The highest BCUT2D eigenvalue weighted by Gasteiger charge is 2.32. The lowest BCUT2D eigenvalue weighted by molar-refractivity contribution is 0.0561. The Hall–Kier alpha value is -2.70. The van der Waals surface area contributed by atoms with Gasteiger partial charge in [-0.2, -0.15) is 0 Å². The van der Waals surface area contributed by atoms with Crippen LogP contribution in [0.3, 0.4) is 0 Å². The summed E-state index contributed by atoms with van der Waals surface area (Å²) in [4.78, 5) is 19.0. The van der Waals surface area contributed by atoms with Crippen molar-refractivity contribution in [1.82, 2.24) is 9.88 Å². The quantitative estimate of drug-likeness (QED) is 0.839. The number of aromatic nitrogens is 1. The van der Waals surface area contributed by atoms with E-state index in [9.17, 15) is 13.6 Å². The van der Waals surface area contributed by atoms with Gasteiger partial charge in [0.15, 0.2) is 11.6 Å². The van der Waals surface area contributed by atoms with Gasteiger partial charge >= 0.3 is 0 Å². The standard InChI is InChI=1S/C21H25F2N3O2/c1-13-7-8-15(10-24-19-9-14(2)18(23)11-25-19)26(12-13)21(27)16-5-4-6-17(22)20(16)28-3/h4-6,9,11,13,15H,7-8,10,12H2,1-3H3,(H,24,25)/t13-,15-/m0/s1. The van der Waals surface area contributed by atoms with Crippen molar-refractivity contribution in [3.8, 4) is 5.75 Å². The molecule has 28 heavy (non-hydrogen) atoms. The van der Waals surface area contributed by atoms with Crippen molar-refractivity contribution in [2.45, 2.75) is 32.7 Å². The third-order valence-electron chi connectivity index (χ3n) is 5.17. The first-order valence-corrected chi connectivity index (χ1v) is 9.40. The van der Waals surface area contributed by atoms with Crippen molar-refractivity contribution in [3.63, 3.8) is 0 Å². The molecule has 0 spiro atoms. The minimum absolute atomic E-state index is 0.0340. The molecule has 3 rings (SSSR count). The van der Waals surface area contributed by atoms with Crippen molar-refractivity contribution in [2.75, 3.05) is 25.5 Å². The molecule has 1 aliphatic rings. The van der Waals surface area contributed by atoms with E-state index < -0.39 is 5.82 Å². The largest absolute Gasteiger partial charge is 0.493 e. The Kier molecular flexibility index (Phi) is 6.11. The van der Waals surface area contributed by atoms with E-state index in [2.05, 4.69) is 17.2 Å². The Morgan fingerprint density at radius 2 is 2.11 bits per heavy atom. The average molecular weight is 389 g/mol. The summed E-state index contributed by atoms with van der Waals surface area (Å²) < 4.78 is 32.6. The zero-order valence-corrected chi connectivity index (χ0v) is 16.3. The smallest absolute Gasteiger partial charge is 0.258 e. The number of likely N-dealkylation sites (tertiary alicyclic amines) is 1. The monoisotopic (exact) mass is 389 g/mol. The molecule has 2 atom stereocenters. The fraction of sp³-hybridized carbons (Fsp3) is 0.429. The van der Waals surface area contributed by atoms with Crippen molar-refractivity contribution in [2.24, 2.45) is 5.92 Å². The Bertz CT molecular complexity index is 860. The van der Waals surface area contributed by atoms with Gasteiger partial charge in [-0.1, -0.05) is 13.0 Å². The average Bonchev–Trinajstić information content (AvgIpc) is 2.68. The van der Waals surface area contributed by atoms with E-state index in [1.54, 1.807) is 24.0 Å². The van der Waals surface area contributed by atoms with Gasteiger partial charge in [-0.15, -0.1) is 0 Å². The summed E-state index contributed by atoms with van der Waals surface area (Å²) in [5.41, 5.74) is 0.726. The first-order chi connectivity index (χ1) is 13.4. The van der Waals surface area contributed by atoms with E-state index in [1.807, 2.05) is 0 Å². The summed E-state index contributed by atoms with van der Waals surface area (Å²) in [6.07, 6.45) is 2.99. The topological polar surface area (TPSA) is 54.5 Å². The molecule has 1 fully saturated rings. The lowest BCUT2D eigenvalue weighted by atomic mass is 9.93. The maximum Gasteiger partial charge on any atom is 0.258 e. The van der Waals surface area contributed by atoms with Crippen molar-refractivity contribution in [3.05, 3.63) is 53.2 Å². The molecule has 1 aromatic carbocycles. The summed E-state index contributed by atoms with van der Waals surface area (Å²) in [5.74, 6) is -0.281. The maximum atomic E-state index is 14.0. The highest BCUT2D eigenvalue weighted by atomic mass is 19.1. The number of amides is 1. The van der Waals surface area contributed by atoms with Gasteiger partial charge in [0.25, 0.3) is 5.91 Å². The van der Waals surface area contributed by atoms with Crippen LogP contribution in [-0.2, 0) is 0 Å². The number of hydrogen-bond donors (Lipinski definition) is 1. The Balaban J connectivity index is 1.79. The SMILES string of the molecule is COc1c(F)cccc1C(=O)N1C[C@@H](C)CC[C@H]1CNc1cc(C)c(F)cn1. The fourth-order valence-corrected chi connectivity index (χ4v) is 3.57. The molecule has 0 aliphatic carbocycles. The summed E-state index contributed by atoms with van der Waals surface area (Å²) >= 11 is 0. The van der Waals surface area contributed by atoms with Gasteiger partial charge < -0.3 is 15.0 Å². The van der Waals surface area contributed by atoms with Gasteiger partial charge in [0.2, 0.25) is 0 Å². The molecule has 0 radical (unpaired) electrons. The van der Waals surface area contributed by atoms with E-state index in [0.29, 0.717) is 30.4 Å². The number of methoxy groups -OCH3 is 1. The minimum atomic E-state index is -0.556. The lowest BCUT2D eigenvalue weighted by Gasteiger charge is -2.39. The van der Waals surface area contributed by atoms with E-state index in [-0.39, 0.29) is 29.1 Å². The predicted molar refractivity (Wildman–Crippen MR) is 104 cm³/mol. The third kappa shape index (κ3) is 4.24. The number of piperidine rings is 1. The summed E-state index contributed by atoms with van der Waals surface area (Å²) in [5, 5.41) is 3.20. The molecular weight excluding hydrogens is 364 g/mol. The molecule has 1 aliphatic heterocycles. The molecule has 1 N–H and O–H groups in total. The summed E-state index contributed by atoms with van der Waals surface area (Å²) in [6, 6.07) is 5.93. The molecule has 1 saturated heterocycles. The third-order valence-corrected chi connectivity index (χ3v) is 5.17. The number of carbonyl (C=O) groups excluding carboxylic acids is 1. The number of rotatable bonds is 5. The first-order valence-electron chi connectivity index (χ1n) is 9.40. The molecule has 1 amide bonds. The second-order valence-electron chi connectivity index (χ2n) is 7.31. The molecular formula is C21H25F2N3O2. The number of ether oxygens (including phenoxy) is 1. The number of anilines is 1. The number of carbonyl (C=O) groups is 1.